The van der Waals surface area contributed by atoms with Gasteiger partial charge >= 0.3 is 0 Å². The Morgan fingerprint density at radius 1 is 1.27 bits per heavy atom. The van der Waals surface area contributed by atoms with Crippen molar-refractivity contribution in [3.63, 3.8) is 0 Å². The van der Waals surface area contributed by atoms with E-state index in [2.05, 4.69) is 10.3 Å². The van der Waals surface area contributed by atoms with Gasteiger partial charge in [0.1, 0.15) is 0 Å². The molecule has 0 saturated carbocycles. The Labute approximate surface area is 130 Å². The average molecular weight is 299 g/mol. The van der Waals surface area contributed by atoms with Gasteiger partial charge in [0.25, 0.3) is 5.91 Å². The maximum absolute atomic E-state index is 12.2. The third-order valence-corrected chi connectivity index (χ3v) is 4.03. The number of benzene rings is 1. The highest BCUT2D eigenvalue weighted by Crippen LogP contribution is 2.13. The molecule has 0 unspecified atom stereocenters. The summed E-state index contributed by atoms with van der Waals surface area (Å²) in [5.41, 5.74) is 1.86. The second-order valence-electron chi connectivity index (χ2n) is 5.70. The van der Waals surface area contributed by atoms with Crippen LogP contribution >= 0.6 is 0 Å². The number of nitrogens with zero attached hydrogens (tertiary/aromatic N) is 2. The Bertz CT molecular complexity index is 587. The Hall–Kier alpha value is -2.14. The lowest BCUT2D eigenvalue weighted by Crippen LogP contribution is -2.32. The molecule has 0 spiro atoms. The molecule has 3 rings (SSSR count). The number of imidazole rings is 1. The van der Waals surface area contributed by atoms with Crippen molar-refractivity contribution >= 4 is 5.91 Å². The van der Waals surface area contributed by atoms with E-state index >= 15 is 0 Å². The van der Waals surface area contributed by atoms with E-state index in [1.54, 1.807) is 12.5 Å². The largest absolute Gasteiger partial charge is 0.381 e. The fraction of sp³-hybridized carbons (Fsp3) is 0.412. The van der Waals surface area contributed by atoms with Crippen LogP contribution in [-0.2, 0) is 11.3 Å². The minimum absolute atomic E-state index is 0.000623. The second-order valence-corrected chi connectivity index (χ2v) is 5.70. The number of carbonyl (C=O) groups excluding carboxylic acids is 1. The van der Waals surface area contributed by atoms with Crippen LogP contribution in [-0.4, -0.2) is 35.2 Å². The van der Waals surface area contributed by atoms with Crippen molar-refractivity contribution in [1.82, 2.24) is 14.9 Å². The standard InChI is InChI=1S/C17H21N3O2/c21-17(19-11-14-5-9-22-10-6-14)16-3-1-15(2-4-16)12-20-8-7-18-13-20/h1-4,7-8,13-14H,5-6,9-12H2,(H,19,21). The number of carbonyl (C=O) groups is 1. The number of rotatable bonds is 5. The molecule has 1 amide bonds. The SMILES string of the molecule is O=C(NCC1CCOCC1)c1ccc(Cn2ccnc2)cc1. The molecule has 0 atom stereocenters. The Morgan fingerprint density at radius 2 is 2.05 bits per heavy atom. The third kappa shape index (κ3) is 3.95. The monoisotopic (exact) mass is 299 g/mol. The van der Waals surface area contributed by atoms with E-state index < -0.39 is 0 Å². The number of nitrogens with one attached hydrogen (secondary N) is 1. The first-order chi connectivity index (χ1) is 10.8. The van der Waals surface area contributed by atoms with E-state index in [9.17, 15) is 4.79 Å². The fourth-order valence-electron chi connectivity index (χ4n) is 2.64. The number of amides is 1. The molecule has 0 radical (unpaired) electrons. The molecule has 1 N–H and O–H groups in total. The first-order valence-corrected chi connectivity index (χ1v) is 7.72. The highest BCUT2D eigenvalue weighted by molar-refractivity contribution is 5.94. The first kappa shape index (κ1) is 14.8. The topological polar surface area (TPSA) is 56.1 Å². The molecule has 1 aromatic carbocycles. The number of hydrogen-bond donors (Lipinski definition) is 1. The van der Waals surface area contributed by atoms with Gasteiger partial charge in [0.2, 0.25) is 0 Å². The molecule has 5 heteroatoms. The van der Waals surface area contributed by atoms with Gasteiger partial charge in [-0.05, 0) is 36.5 Å². The molecule has 1 aromatic heterocycles. The zero-order chi connectivity index (χ0) is 15.2. The molecule has 2 aromatic rings. The number of aromatic nitrogens is 2. The van der Waals surface area contributed by atoms with Gasteiger partial charge in [0.05, 0.1) is 6.33 Å². The lowest BCUT2D eigenvalue weighted by atomic mass is 10.0. The van der Waals surface area contributed by atoms with Crippen LogP contribution < -0.4 is 5.32 Å². The van der Waals surface area contributed by atoms with Gasteiger partial charge in [-0.3, -0.25) is 4.79 Å². The highest BCUT2D eigenvalue weighted by Gasteiger charge is 2.15. The highest BCUT2D eigenvalue weighted by atomic mass is 16.5. The Kier molecular flexibility index (Phi) is 4.85. The molecule has 116 valence electrons. The normalized spacial score (nSPS) is 15.6. The molecular weight excluding hydrogens is 278 g/mol. The molecule has 1 aliphatic heterocycles. The summed E-state index contributed by atoms with van der Waals surface area (Å²) < 4.78 is 7.33. The lowest BCUT2D eigenvalue weighted by molar-refractivity contribution is 0.0642. The van der Waals surface area contributed by atoms with Gasteiger partial charge in [-0.2, -0.15) is 0 Å². The van der Waals surface area contributed by atoms with Gasteiger partial charge < -0.3 is 14.6 Å². The zero-order valence-corrected chi connectivity index (χ0v) is 12.6. The fourth-order valence-corrected chi connectivity index (χ4v) is 2.64. The van der Waals surface area contributed by atoms with Crippen LogP contribution in [0, 0.1) is 5.92 Å². The van der Waals surface area contributed by atoms with Crippen molar-refractivity contribution in [2.75, 3.05) is 19.8 Å². The van der Waals surface area contributed by atoms with E-state index in [0.717, 1.165) is 44.7 Å². The third-order valence-electron chi connectivity index (χ3n) is 4.03. The molecule has 2 heterocycles. The summed E-state index contributed by atoms with van der Waals surface area (Å²) >= 11 is 0. The van der Waals surface area contributed by atoms with Crippen molar-refractivity contribution in [2.45, 2.75) is 19.4 Å². The maximum atomic E-state index is 12.2. The molecule has 22 heavy (non-hydrogen) atoms. The Morgan fingerprint density at radius 3 is 2.73 bits per heavy atom. The first-order valence-electron chi connectivity index (χ1n) is 7.72. The van der Waals surface area contributed by atoms with Crippen LogP contribution in [0.4, 0.5) is 0 Å². The summed E-state index contributed by atoms with van der Waals surface area (Å²) in [6, 6.07) is 7.74. The second kappa shape index (κ2) is 7.22. The van der Waals surface area contributed by atoms with Crippen LogP contribution in [0.1, 0.15) is 28.8 Å². The van der Waals surface area contributed by atoms with Crippen LogP contribution in [0.2, 0.25) is 0 Å². The quantitative estimate of drug-likeness (QED) is 0.919. The van der Waals surface area contributed by atoms with Crippen molar-refractivity contribution < 1.29 is 9.53 Å². The minimum atomic E-state index is 0.000623. The van der Waals surface area contributed by atoms with Crippen LogP contribution in [0.5, 0.6) is 0 Å². The molecule has 0 bridgehead atoms. The van der Waals surface area contributed by atoms with Gasteiger partial charge in [0.15, 0.2) is 0 Å². The zero-order valence-electron chi connectivity index (χ0n) is 12.6. The van der Waals surface area contributed by atoms with E-state index in [-0.39, 0.29) is 5.91 Å². The van der Waals surface area contributed by atoms with Crippen LogP contribution in [0.3, 0.4) is 0 Å². The van der Waals surface area contributed by atoms with E-state index in [4.69, 9.17) is 4.74 Å². The average Bonchev–Trinajstić information content (AvgIpc) is 3.07. The van der Waals surface area contributed by atoms with Crippen LogP contribution in [0.15, 0.2) is 43.0 Å². The molecule has 1 saturated heterocycles. The summed E-state index contributed by atoms with van der Waals surface area (Å²) in [4.78, 5) is 16.2. The Balaban J connectivity index is 1.51. The number of hydrogen-bond acceptors (Lipinski definition) is 3. The summed E-state index contributed by atoms with van der Waals surface area (Å²) in [6.45, 7) is 3.12. The predicted octanol–water partition coefficient (Wildman–Crippen LogP) is 2.09. The summed E-state index contributed by atoms with van der Waals surface area (Å²) in [5, 5.41) is 3.02. The van der Waals surface area contributed by atoms with E-state index in [1.807, 2.05) is 35.0 Å². The molecule has 1 aliphatic rings. The maximum Gasteiger partial charge on any atom is 0.251 e. The molecule has 0 aliphatic carbocycles. The smallest absolute Gasteiger partial charge is 0.251 e. The predicted molar refractivity (Wildman–Crippen MR) is 83.6 cm³/mol. The van der Waals surface area contributed by atoms with Crippen molar-refractivity contribution in [3.8, 4) is 0 Å². The summed E-state index contributed by atoms with van der Waals surface area (Å²) in [7, 11) is 0. The minimum Gasteiger partial charge on any atom is -0.381 e. The van der Waals surface area contributed by atoms with Gasteiger partial charge in [-0.15, -0.1) is 0 Å². The van der Waals surface area contributed by atoms with Crippen LogP contribution in [0.25, 0.3) is 0 Å². The van der Waals surface area contributed by atoms with E-state index in [1.165, 1.54) is 0 Å². The van der Waals surface area contributed by atoms with Crippen molar-refractivity contribution in [2.24, 2.45) is 5.92 Å². The summed E-state index contributed by atoms with van der Waals surface area (Å²) in [5.74, 6) is 0.541. The molecular formula is C17H21N3O2. The van der Waals surface area contributed by atoms with Crippen molar-refractivity contribution in [3.05, 3.63) is 54.1 Å². The summed E-state index contributed by atoms with van der Waals surface area (Å²) in [6.07, 6.45) is 7.54. The van der Waals surface area contributed by atoms with Gasteiger partial charge in [-0.1, -0.05) is 12.1 Å². The molecule has 5 nitrogen and oxygen atoms in total. The van der Waals surface area contributed by atoms with E-state index in [0.29, 0.717) is 11.5 Å². The van der Waals surface area contributed by atoms with Gasteiger partial charge in [0, 0.05) is 44.3 Å². The van der Waals surface area contributed by atoms with Gasteiger partial charge in [-0.25, -0.2) is 4.98 Å². The lowest BCUT2D eigenvalue weighted by Gasteiger charge is -2.22. The molecule has 1 fully saturated rings. The number of ether oxygens (including phenoxy) is 1. The van der Waals surface area contributed by atoms with Crippen molar-refractivity contribution in [1.29, 1.82) is 0 Å².